The van der Waals surface area contributed by atoms with Gasteiger partial charge in [-0.25, -0.2) is 9.59 Å². The van der Waals surface area contributed by atoms with Gasteiger partial charge >= 0.3 is 11.9 Å². The quantitative estimate of drug-likeness (QED) is 0.0298. The number of hydrogen-bond acceptors (Lipinski definition) is 16. The molecule has 5 amide bonds. The number of aromatic carboxylic acids is 1. The minimum absolute atomic E-state index is 0.00390. The summed E-state index contributed by atoms with van der Waals surface area (Å²) in [5.41, 5.74) is 3.68. The fourth-order valence-corrected chi connectivity index (χ4v) is 13.5. The molecule has 3 aliphatic carbocycles. The molecule has 0 radical (unpaired) electrons. The third-order valence-corrected chi connectivity index (χ3v) is 18.7. The van der Waals surface area contributed by atoms with Gasteiger partial charge in [-0.3, -0.25) is 28.8 Å². The Balaban J connectivity index is 0.765. The summed E-state index contributed by atoms with van der Waals surface area (Å²) in [5.74, 6) is -3.32. The lowest BCUT2D eigenvalue weighted by molar-refractivity contribution is -0.133. The number of likely N-dealkylation sites (N-methyl/N-ethyl adjacent to an activating group) is 1. The normalized spacial score (nSPS) is 16.2. The molecule has 1 saturated carbocycles. The van der Waals surface area contributed by atoms with Crippen LogP contribution in [0.5, 0.6) is 11.5 Å². The Bertz CT molecular complexity index is 4180. The van der Waals surface area contributed by atoms with E-state index in [1.54, 1.807) is 30.3 Å². The molecule has 1 spiro atoms. The van der Waals surface area contributed by atoms with E-state index in [9.17, 15) is 48.6 Å². The molecule has 7 N–H and O–H groups in total. The predicted molar refractivity (Wildman–Crippen MR) is 355 cm³/mol. The Morgan fingerprint density at radius 2 is 1.26 bits per heavy atom. The molecule has 1 saturated heterocycles. The second kappa shape index (κ2) is 26.3. The van der Waals surface area contributed by atoms with Gasteiger partial charge in [-0.1, -0.05) is 38.3 Å². The Kier molecular flexibility index (Phi) is 17.8. The number of nitrogens with one attached hydrogen (secondary N) is 5. The predicted octanol–water partition coefficient (Wildman–Crippen LogP) is 8.08. The summed E-state index contributed by atoms with van der Waals surface area (Å²) < 4.78 is 19.0. The Hall–Kier alpha value is -10.5. The van der Waals surface area contributed by atoms with Crippen LogP contribution in [0.3, 0.4) is 0 Å². The van der Waals surface area contributed by atoms with Crippen molar-refractivity contribution in [2.45, 2.75) is 75.5 Å². The van der Waals surface area contributed by atoms with E-state index in [1.165, 1.54) is 42.5 Å². The van der Waals surface area contributed by atoms with Crippen molar-refractivity contribution in [3.05, 3.63) is 187 Å². The number of hydrogen-bond donors (Lipinski definition) is 7. The van der Waals surface area contributed by atoms with Crippen molar-refractivity contribution in [1.82, 2.24) is 31.5 Å². The fourth-order valence-electron chi connectivity index (χ4n) is 13.5. The van der Waals surface area contributed by atoms with Gasteiger partial charge in [-0.2, -0.15) is 0 Å². The molecule has 94 heavy (non-hydrogen) atoms. The average Bonchev–Trinajstić information content (AvgIpc) is 1.47. The highest BCUT2D eigenvalue weighted by Crippen LogP contribution is 2.57. The summed E-state index contributed by atoms with van der Waals surface area (Å²) in [4.78, 5) is 120. The van der Waals surface area contributed by atoms with Crippen LogP contribution in [0.2, 0.25) is 0 Å². The largest absolute Gasteiger partial charge is 0.512 e. The summed E-state index contributed by atoms with van der Waals surface area (Å²) in [7, 11) is 7.67. The first-order chi connectivity index (χ1) is 45.2. The molecule has 2 fully saturated rings. The number of carboxylic acids is 1. The van der Waals surface area contributed by atoms with Gasteiger partial charge in [0.15, 0.2) is 11.0 Å². The maximum atomic E-state index is 14.9. The van der Waals surface area contributed by atoms with E-state index >= 15 is 0 Å². The number of carbonyl (C=O) groups is 7. The number of allylic oxidation sites excluding steroid dienone is 1. The van der Waals surface area contributed by atoms with Crippen LogP contribution in [0.1, 0.15) is 132 Å². The van der Waals surface area contributed by atoms with Crippen molar-refractivity contribution in [1.29, 1.82) is 0 Å². The van der Waals surface area contributed by atoms with Gasteiger partial charge < -0.3 is 70.3 Å². The molecule has 1 atom stereocenters. The molecular formula is C72H75N9O13. The number of piperazine rings is 1. The Morgan fingerprint density at radius 1 is 0.638 bits per heavy atom. The van der Waals surface area contributed by atoms with Crippen LogP contribution in [0, 0.1) is 0 Å². The lowest BCUT2D eigenvalue weighted by Gasteiger charge is -2.38. The van der Waals surface area contributed by atoms with Crippen LogP contribution in [-0.2, 0) is 26.3 Å². The van der Waals surface area contributed by atoms with Gasteiger partial charge in [0.25, 0.3) is 17.7 Å². The number of rotatable bonds is 19. The number of ether oxygens (including phenoxy) is 2. The first kappa shape index (κ1) is 63.7. The zero-order valence-electron chi connectivity index (χ0n) is 53.1. The van der Waals surface area contributed by atoms with Crippen molar-refractivity contribution in [2.75, 3.05) is 95.2 Å². The smallest absolute Gasteiger partial charge is 0.340 e. The summed E-state index contributed by atoms with van der Waals surface area (Å²) in [6.45, 7) is 6.29. The number of benzene rings is 6. The molecule has 0 unspecified atom stereocenters. The molecule has 486 valence electrons. The average molecular weight is 1270 g/mol. The number of anilines is 3. The van der Waals surface area contributed by atoms with Crippen molar-refractivity contribution in [2.24, 2.45) is 0 Å². The van der Waals surface area contributed by atoms with Crippen molar-refractivity contribution in [3.8, 4) is 33.9 Å². The standard InChI is InChI=1S/C72H75N9O13/c1-6-80-32-34-81(35-33-80)45-14-10-42(11-15-45)66(86)77-71(27-8-7-9-28-71)70(91)76-58(67(87)75-31-30-74-65(85)43-12-20-50(53(36-43)68(88)89)63-51-21-18-48(82)40-59(51)92-60-41-49(83)19-22-52(60)63)26-29-73-64(84)44-13-23-55-54(37-44)69(90)94-72(55)56-24-16-46(78(2)3)38-61(56)93-62-39-47(79(4)5)17-25-57(62)72/h10-18,20-21,23-25,36-41,58,83H,6-9,19,22,26-35H2,1-5H3,(H,73,84)(H,74,85)(H,75,87)(H,76,91)(H,77,86)(H,88,89)/t58-/m0/s1. The van der Waals surface area contributed by atoms with E-state index in [2.05, 4.69) is 43.3 Å². The van der Waals surface area contributed by atoms with Gasteiger partial charge in [0.1, 0.15) is 34.6 Å². The maximum Gasteiger partial charge on any atom is 0.340 e. The highest BCUT2D eigenvalue weighted by molar-refractivity contribution is 6.05. The molecule has 4 aliphatic heterocycles. The van der Waals surface area contributed by atoms with Crippen LogP contribution in [0.15, 0.2) is 130 Å². The minimum Gasteiger partial charge on any atom is -0.512 e. The number of esters is 1. The molecular weight excluding hydrogens is 1200 g/mol. The van der Waals surface area contributed by atoms with Crippen LogP contribution in [0.4, 0.5) is 17.1 Å². The number of amides is 5. The van der Waals surface area contributed by atoms with Crippen LogP contribution >= 0.6 is 0 Å². The van der Waals surface area contributed by atoms with Crippen molar-refractivity contribution < 1.29 is 57.7 Å². The summed E-state index contributed by atoms with van der Waals surface area (Å²) >= 11 is 0. The molecule has 5 aromatic carbocycles. The van der Waals surface area contributed by atoms with Crippen LogP contribution in [-0.4, -0.2) is 149 Å². The lowest BCUT2D eigenvalue weighted by atomic mass is 9.77. The third-order valence-electron chi connectivity index (χ3n) is 18.7. The molecule has 22 heteroatoms. The minimum atomic E-state index is -1.41. The van der Waals surface area contributed by atoms with Gasteiger partial charge in [-0.15, -0.1) is 0 Å². The SMILES string of the molecule is CCN1CCN(c2ccc(C(=O)NC3(C(=O)N[C@@H](CCNC(=O)c4ccc5c(c4)C(=O)OC54c5ccc(N(C)C)cc5Oc5cc(N(C)C)ccc54)C(=O)NCCNC(=O)c4ccc(-c5c6ccc(=O)cc-6oc6c5CCC(O)=C6)c(C(=O)O)c4)CCCCC3)cc2)CC1. The number of aliphatic hydroxyl groups excluding tert-OH is 1. The number of fused-ring (bicyclic) bond motifs is 8. The van der Waals surface area contributed by atoms with Gasteiger partial charge in [-0.05, 0) is 123 Å². The van der Waals surface area contributed by atoms with E-state index in [1.807, 2.05) is 86.5 Å². The van der Waals surface area contributed by atoms with Crippen molar-refractivity contribution >= 4 is 64.6 Å². The monoisotopic (exact) mass is 1270 g/mol. The maximum absolute atomic E-state index is 14.9. The number of carboxylic acid groups (broad SMARTS) is 1. The zero-order chi connectivity index (χ0) is 66.2. The first-order valence-electron chi connectivity index (χ1n) is 31.9. The Morgan fingerprint density at radius 3 is 1.91 bits per heavy atom. The summed E-state index contributed by atoms with van der Waals surface area (Å²) in [6, 6.07) is 30.6. The van der Waals surface area contributed by atoms with E-state index in [0.29, 0.717) is 82.5 Å². The van der Waals surface area contributed by atoms with Crippen LogP contribution < -0.4 is 51.4 Å². The second-order valence-corrected chi connectivity index (χ2v) is 24.9. The van der Waals surface area contributed by atoms with E-state index < -0.39 is 58.7 Å². The molecule has 12 rings (SSSR count). The van der Waals surface area contributed by atoms with Gasteiger partial charge in [0.05, 0.1) is 16.9 Å². The summed E-state index contributed by atoms with van der Waals surface area (Å²) in [6.07, 6.45) is 4.59. The molecule has 0 bridgehead atoms. The van der Waals surface area contributed by atoms with E-state index in [0.717, 1.165) is 56.2 Å². The van der Waals surface area contributed by atoms with Gasteiger partial charge in [0.2, 0.25) is 11.8 Å². The highest BCUT2D eigenvalue weighted by atomic mass is 16.6. The van der Waals surface area contributed by atoms with Gasteiger partial charge in [0, 0.05) is 172 Å². The molecule has 0 aromatic heterocycles. The number of aliphatic hydroxyl groups is 1. The van der Waals surface area contributed by atoms with Crippen LogP contribution in [0.25, 0.3) is 28.5 Å². The lowest BCUT2D eigenvalue weighted by Crippen LogP contribution is -2.63. The van der Waals surface area contributed by atoms with Crippen molar-refractivity contribution in [3.63, 3.8) is 0 Å². The third kappa shape index (κ3) is 12.4. The van der Waals surface area contributed by atoms with E-state index in [-0.39, 0.29) is 83.0 Å². The fraction of sp³-hybridized carbons (Fsp3) is 0.333. The molecule has 5 aromatic rings. The topological polar surface area (TPSA) is 282 Å². The number of carbonyl (C=O) groups excluding carboxylic acids is 6. The Labute approximate surface area is 543 Å². The second-order valence-electron chi connectivity index (χ2n) is 24.9. The summed E-state index contributed by atoms with van der Waals surface area (Å²) in [5, 5.41) is 35.3. The highest BCUT2D eigenvalue weighted by Gasteiger charge is 2.54. The molecule has 7 aliphatic rings. The molecule has 4 heterocycles. The molecule has 22 nitrogen and oxygen atoms in total. The zero-order valence-corrected chi connectivity index (χ0v) is 53.1. The number of nitrogens with zero attached hydrogens (tertiary/aromatic N) is 4. The first-order valence-corrected chi connectivity index (χ1v) is 31.9. The van der Waals surface area contributed by atoms with E-state index in [4.69, 9.17) is 13.9 Å².